The van der Waals surface area contributed by atoms with Gasteiger partial charge in [0, 0.05) is 0 Å². The van der Waals surface area contributed by atoms with Gasteiger partial charge in [0.25, 0.3) is 0 Å². The van der Waals surface area contributed by atoms with E-state index in [1.165, 1.54) is 0 Å². The molecular weight excluding hydrogens is 150 g/mol. The van der Waals surface area contributed by atoms with Crippen LogP contribution >= 0.6 is 0 Å². The quantitative estimate of drug-likeness (QED) is 0.340. The van der Waals surface area contributed by atoms with Gasteiger partial charge in [0.1, 0.15) is 0 Å². The van der Waals surface area contributed by atoms with Crippen LogP contribution in [0.1, 0.15) is 5.56 Å². The van der Waals surface area contributed by atoms with Crippen LogP contribution in [0, 0.1) is 6.07 Å². The summed E-state index contributed by atoms with van der Waals surface area (Å²) in [6, 6.07) is 2.85. The van der Waals surface area contributed by atoms with E-state index in [-0.39, 0.29) is 18.9 Å². The normalized spacial score (nSPS) is 10.5. The van der Waals surface area contributed by atoms with Gasteiger partial charge in [-0.3, -0.25) is 0 Å². The number of aromatic nitrogens is 1. The van der Waals surface area contributed by atoms with Gasteiger partial charge in [-0.15, -0.1) is 5.56 Å². The molecule has 0 fully saturated rings. The minimum Gasteiger partial charge on any atom is -0.304 e. The Hall–Kier alpha value is -0.463. The second-order valence-electron chi connectivity index (χ2n) is 1.65. The molecule has 1 heterocycles. The summed E-state index contributed by atoms with van der Waals surface area (Å²) in [4.78, 5) is 3.40. The molecule has 0 saturated carbocycles. The molecular formula is C6H3F3LiN. The fraction of sp³-hybridized carbons (Fsp3) is 0.167. The van der Waals surface area contributed by atoms with E-state index >= 15 is 0 Å². The van der Waals surface area contributed by atoms with E-state index in [0.717, 1.165) is 18.5 Å². The van der Waals surface area contributed by atoms with Crippen LogP contribution in [0.25, 0.3) is 0 Å². The Morgan fingerprint density at radius 3 is 2.27 bits per heavy atom. The smallest absolute Gasteiger partial charge is 0.304 e. The molecule has 0 N–H and O–H groups in total. The van der Waals surface area contributed by atoms with Crippen molar-refractivity contribution in [3.63, 3.8) is 0 Å². The van der Waals surface area contributed by atoms with E-state index in [9.17, 15) is 13.2 Å². The maximum absolute atomic E-state index is 11.7. The molecule has 0 amide bonds. The molecule has 0 aromatic carbocycles. The molecule has 11 heavy (non-hydrogen) atoms. The van der Waals surface area contributed by atoms with E-state index in [1.54, 1.807) is 0 Å². The molecule has 0 aliphatic carbocycles. The minimum absolute atomic E-state index is 0. The SMILES string of the molecule is FC(F)(F)c1[c-]cncc1.[Li+]. The minimum atomic E-state index is -4.30. The number of alkyl halides is 3. The molecule has 1 nitrogen and oxygen atoms in total. The Morgan fingerprint density at radius 2 is 2.00 bits per heavy atom. The summed E-state index contributed by atoms with van der Waals surface area (Å²) in [5.74, 6) is 0. The molecule has 0 radical (unpaired) electrons. The molecule has 0 spiro atoms. The van der Waals surface area contributed by atoms with Crippen LogP contribution in [-0.2, 0) is 6.18 Å². The Kier molecular flexibility index (Phi) is 3.63. The zero-order valence-electron chi connectivity index (χ0n) is 5.81. The maximum Gasteiger partial charge on any atom is 1.00 e. The summed E-state index contributed by atoms with van der Waals surface area (Å²) >= 11 is 0. The number of pyridine rings is 1. The molecule has 0 saturated heterocycles. The second-order valence-corrected chi connectivity index (χ2v) is 1.65. The van der Waals surface area contributed by atoms with Gasteiger partial charge in [0.05, 0.1) is 0 Å². The van der Waals surface area contributed by atoms with E-state index in [2.05, 4.69) is 4.98 Å². The molecule has 1 rings (SSSR count). The maximum atomic E-state index is 11.7. The van der Waals surface area contributed by atoms with Crippen molar-refractivity contribution in [2.24, 2.45) is 0 Å². The zero-order chi connectivity index (χ0) is 7.61. The first-order valence-corrected chi connectivity index (χ1v) is 2.49. The van der Waals surface area contributed by atoms with Crippen LogP contribution < -0.4 is 18.9 Å². The second kappa shape index (κ2) is 3.79. The topological polar surface area (TPSA) is 12.9 Å². The predicted octanol–water partition coefficient (Wildman–Crippen LogP) is -1.10. The first-order chi connectivity index (χ1) is 4.61. The van der Waals surface area contributed by atoms with Crippen molar-refractivity contribution in [2.75, 3.05) is 0 Å². The van der Waals surface area contributed by atoms with Crippen molar-refractivity contribution in [3.8, 4) is 0 Å². The van der Waals surface area contributed by atoms with E-state index in [1.807, 2.05) is 6.07 Å². The number of rotatable bonds is 0. The zero-order valence-corrected chi connectivity index (χ0v) is 5.81. The van der Waals surface area contributed by atoms with Crippen molar-refractivity contribution in [2.45, 2.75) is 6.18 Å². The molecule has 1 aromatic rings. The Balaban J connectivity index is 0.000001000. The van der Waals surface area contributed by atoms with E-state index < -0.39 is 11.7 Å². The molecule has 0 aliphatic rings. The Labute approximate surface area is 73.8 Å². The van der Waals surface area contributed by atoms with Crippen molar-refractivity contribution in [1.29, 1.82) is 0 Å². The number of halogens is 3. The molecule has 1 aromatic heterocycles. The molecule has 0 atom stereocenters. The van der Waals surface area contributed by atoms with Crippen molar-refractivity contribution in [1.82, 2.24) is 4.98 Å². The molecule has 0 unspecified atom stereocenters. The summed E-state index contributed by atoms with van der Waals surface area (Å²) in [6.45, 7) is 0. The first-order valence-electron chi connectivity index (χ1n) is 2.49. The summed E-state index contributed by atoms with van der Waals surface area (Å²) < 4.78 is 35.2. The average molecular weight is 153 g/mol. The van der Waals surface area contributed by atoms with Crippen LogP contribution in [0.4, 0.5) is 13.2 Å². The number of nitrogens with zero attached hydrogens (tertiary/aromatic N) is 1. The third-order valence-corrected chi connectivity index (χ3v) is 0.927. The molecule has 54 valence electrons. The summed E-state index contributed by atoms with van der Waals surface area (Å²) in [6.07, 6.45) is -2.23. The third-order valence-electron chi connectivity index (χ3n) is 0.927. The van der Waals surface area contributed by atoms with E-state index in [0.29, 0.717) is 0 Å². The standard InChI is InChI=1S/C6H3F3N.Li/c7-6(8,9)5-1-3-10-4-2-5;/h1,3-4H;/q-1;+1. The van der Waals surface area contributed by atoms with Crippen LogP contribution in [0.2, 0.25) is 0 Å². The van der Waals surface area contributed by atoms with Crippen molar-refractivity contribution in [3.05, 3.63) is 30.1 Å². The van der Waals surface area contributed by atoms with Gasteiger partial charge in [-0.05, 0) is 0 Å². The summed E-state index contributed by atoms with van der Waals surface area (Å²) in [5.41, 5.74) is -0.789. The molecule has 5 heteroatoms. The van der Waals surface area contributed by atoms with Gasteiger partial charge >= 0.3 is 25.0 Å². The summed E-state index contributed by atoms with van der Waals surface area (Å²) in [7, 11) is 0. The van der Waals surface area contributed by atoms with Gasteiger partial charge in [-0.25, -0.2) is 6.07 Å². The van der Waals surface area contributed by atoms with Crippen molar-refractivity contribution >= 4 is 0 Å². The Bertz CT molecular complexity index is 209. The van der Waals surface area contributed by atoms with Crippen LogP contribution in [0.3, 0.4) is 0 Å². The van der Waals surface area contributed by atoms with Gasteiger partial charge in [0.2, 0.25) is 0 Å². The fourth-order valence-corrected chi connectivity index (χ4v) is 0.492. The predicted molar refractivity (Wildman–Crippen MR) is 28.1 cm³/mol. The third kappa shape index (κ3) is 2.96. The first kappa shape index (κ1) is 10.5. The number of hydrogen-bond acceptors (Lipinski definition) is 1. The fourth-order valence-electron chi connectivity index (χ4n) is 0.492. The van der Waals surface area contributed by atoms with Gasteiger partial charge in [-0.1, -0.05) is 12.4 Å². The van der Waals surface area contributed by atoms with Crippen LogP contribution in [-0.4, -0.2) is 4.98 Å². The van der Waals surface area contributed by atoms with Gasteiger partial charge in [-0.2, -0.15) is 19.2 Å². The molecule has 0 bridgehead atoms. The average Bonchev–Trinajstić information content (AvgIpc) is 1.88. The number of hydrogen-bond donors (Lipinski definition) is 0. The largest absolute Gasteiger partial charge is 1.00 e. The van der Waals surface area contributed by atoms with Gasteiger partial charge < -0.3 is 4.98 Å². The monoisotopic (exact) mass is 153 g/mol. The van der Waals surface area contributed by atoms with Crippen LogP contribution in [0.5, 0.6) is 0 Å². The van der Waals surface area contributed by atoms with Crippen LogP contribution in [0.15, 0.2) is 18.5 Å². The van der Waals surface area contributed by atoms with Gasteiger partial charge in [0.15, 0.2) is 0 Å². The Morgan fingerprint density at radius 1 is 1.36 bits per heavy atom. The van der Waals surface area contributed by atoms with Crippen molar-refractivity contribution < 1.29 is 32.0 Å². The summed E-state index contributed by atoms with van der Waals surface area (Å²) in [5, 5.41) is 0. The molecule has 0 aliphatic heterocycles. The van der Waals surface area contributed by atoms with E-state index in [4.69, 9.17) is 0 Å².